The molecule has 6 nitrogen and oxygen atoms in total. The molecular weight excluding hydrogens is 396 g/mol. The smallest absolute Gasteiger partial charge is 0.193 e. The van der Waals surface area contributed by atoms with Crippen molar-refractivity contribution < 1.29 is 29.3 Å². The van der Waals surface area contributed by atoms with Crippen molar-refractivity contribution >= 4 is 11.6 Å². The Bertz CT molecular complexity index is 862. The van der Waals surface area contributed by atoms with E-state index in [0.717, 1.165) is 24.8 Å². The average Bonchev–Trinajstić information content (AvgIpc) is 3.20. The van der Waals surface area contributed by atoms with Crippen LogP contribution in [0.3, 0.4) is 0 Å². The Labute approximate surface area is 183 Å². The van der Waals surface area contributed by atoms with Crippen molar-refractivity contribution in [1.29, 1.82) is 0 Å². The van der Waals surface area contributed by atoms with Gasteiger partial charge < -0.3 is 19.7 Å². The summed E-state index contributed by atoms with van der Waals surface area (Å²) in [5.41, 5.74) is -1.05. The van der Waals surface area contributed by atoms with E-state index in [4.69, 9.17) is 9.47 Å². The third-order valence-electron chi connectivity index (χ3n) is 9.37. The number of allylic oxidation sites excluding steroid dienone is 4. The molecule has 2 N–H and O–H groups in total. The van der Waals surface area contributed by atoms with Gasteiger partial charge in [-0.25, -0.2) is 0 Å². The Balaban J connectivity index is 1.55. The number of ketones is 2. The number of hydrogen-bond acceptors (Lipinski definition) is 6. The second-order valence-electron chi connectivity index (χ2n) is 10.7. The van der Waals surface area contributed by atoms with Crippen molar-refractivity contribution in [3.8, 4) is 0 Å². The Hall–Kier alpha value is -1.34. The Morgan fingerprint density at radius 3 is 2.81 bits per heavy atom. The molecule has 3 saturated carbocycles. The minimum atomic E-state index is -1.20. The van der Waals surface area contributed by atoms with Crippen molar-refractivity contribution in [3.05, 3.63) is 23.8 Å². The summed E-state index contributed by atoms with van der Waals surface area (Å²) in [6.07, 6.45) is 8.31. The monoisotopic (exact) mass is 430 g/mol. The molecule has 0 spiro atoms. The fourth-order valence-electron chi connectivity index (χ4n) is 8.12. The second kappa shape index (κ2) is 7.08. The summed E-state index contributed by atoms with van der Waals surface area (Å²) in [4.78, 5) is 25.2. The number of aliphatic hydroxyl groups excluding tert-OH is 2. The first kappa shape index (κ1) is 21.5. The van der Waals surface area contributed by atoms with Crippen LogP contribution in [0.5, 0.6) is 0 Å². The molecule has 4 aliphatic carbocycles. The standard InChI is InChI=1S/C25H34O6/c1-4-5-21-30-20-11-17-16-7-6-14-10-15(27)8-9-23(14,2)22(16)18(28)12-24(17,3)25(20,31-21)19(29)13-26/h8-10,16-18,20-22,26,28H,4-7,11-13H2,1-3H3/t16?,17?,18?,20?,21?,22?,23?,24?,25-/m1/s1. The third kappa shape index (κ3) is 2.65. The van der Waals surface area contributed by atoms with E-state index >= 15 is 0 Å². The van der Waals surface area contributed by atoms with Crippen LogP contribution in [-0.4, -0.2) is 52.5 Å². The molecule has 31 heavy (non-hydrogen) atoms. The van der Waals surface area contributed by atoms with Crippen molar-refractivity contribution in [3.63, 3.8) is 0 Å². The molecule has 5 rings (SSSR count). The van der Waals surface area contributed by atoms with Crippen LogP contribution < -0.4 is 0 Å². The van der Waals surface area contributed by atoms with E-state index in [9.17, 15) is 19.8 Å². The number of aliphatic hydroxyl groups is 2. The summed E-state index contributed by atoms with van der Waals surface area (Å²) in [5.74, 6) is 0.0274. The lowest BCUT2D eigenvalue weighted by Gasteiger charge is -2.59. The maximum atomic E-state index is 13.2. The average molecular weight is 431 g/mol. The van der Waals surface area contributed by atoms with Gasteiger partial charge in [0.15, 0.2) is 23.5 Å². The number of carbonyl (C=O) groups excluding carboxylic acids is 2. The molecule has 9 atom stereocenters. The highest BCUT2D eigenvalue weighted by molar-refractivity contribution is 6.01. The summed E-state index contributed by atoms with van der Waals surface area (Å²) < 4.78 is 12.7. The molecule has 170 valence electrons. The molecule has 0 aromatic heterocycles. The van der Waals surface area contributed by atoms with Gasteiger partial charge in [0.1, 0.15) is 6.61 Å². The normalized spacial score (nSPS) is 50.4. The lowest BCUT2D eigenvalue weighted by Crippen LogP contribution is -2.63. The number of rotatable bonds is 4. The molecule has 0 amide bonds. The van der Waals surface area contributed by atoms with Crippen LogP contribution in [0.15, 0.2) is 23.8 Å². The minimum absolute atomic E-state index is 0.0125. The topological polar surface area (TPSA) is 93.1 Å². The lowest BCUT2D eigenvalue weighted by atomic mass is 9.46. The van der Waals surface area contributed by atoms with Crippen molar-refractivity contribution in [2.24, 2.45) is 28.6 Å². The number of Topliss-reactive ketones (excluding diaryl/α,β-unsaturated/α-hetero) is 1. The zero-order valence-corrected chi connectivity index (χ0v) is 18.7. The number of fused-ring (bicyclic) bond motifs is 7. The number of ether oxygens (including phenoxy) is 2. The van der Waals surface area contributed by atoms with Crippen LogP contribution in [0.1, 0.15) is 59.3 Å². The van der Waals surface area contributed by atoms with Crippen molar-refractivity contribution in [2.45, 2.75) is 83.4 Å². The highest BCUT2D eigenvalue weighted by Gasteiger charge is 2.75. The first-order chi connectivity index (χ1) is 14.7. The van der Waals surface area contributed by atoms with Gasteiger partial charge in [-0.05, 0) is 56.1 Å². The van der Waals surface area contributed by atoms with Crippen LogP contribution >= 0.6 is 0 Å². The predicted molar refractivity (Wildman–Crippen MR) is 113 cm³/mol. The third-order valence-corrected chi connectivity index (χ3v) is 9.37. The van der Waals surface area contributed by atoms with Crippen LogP contribution in [0.4, 0.5) is 0 Å². The Kier molecular flexibility index (Phi) is 4.91. The molecule has 1 heterocycles. The highest BCUT2D eigenvalue weighted by Crippen LogP contribution is 2.69. The second-order valence-corrected chi connectivity index (χ2v) is 10.7. The summed E-state index contributed by atoms with van der Waals surface area (Å²) in [6, 6.07) is 0. The van der Waals surface area contributed by atoms with E-state index in [-0.39, 0.29) is 34.7 Å². The van der Waals surface area contributed by atoms with E-state index in [0.29, 0.717) is 19.3 Å². The van der Waals surface area contributed by atoms with Gasteiger partial charge in [-0.3, -0.25) is 9.59 Å². The molecule has 0 aromatic rings. The zero-order chi connectivity index (χ0) is 22.2. The van der Waals surface area contributed by atoms with E-state index in [1.165, 1.54) is 0 Å². The SMILES string of the molecule is CCCC1OC2CC3C4CCC5=CC(=O)C=CC5(C)C4C(O)CC3(C)[C@]2(C(=O)CO)O1. The molecule has 4 fully saturated rings. The molecule has 1 aliphatic heterocycles. The summed E-state index contributed by atoms with van der Waals surface area (Å²) in [7, 11) is 0. The fourth-order valence-corrected chi connectivity index (χ4v) is 8.12. The summed E-state index contributed by atoms with van der Waals surface area (Å²) in [5, 5.41) is 21.4. The maximum Gasteiger partial charge on any atom is 0.193 e. The van der Waals surface area contributed by atoms with Gasteiger partial charge in [-0.15, -0.1) is 0 Å². The van der Waals surface area contributed by atoms with E-state index in [1.807, 2.05) is 6.08 Å². The molecule has 0 aromatic carbocycles. The molecule has 8 unspecified atom stereocenters. The lowest BCUT2D eigenvalue weighted by molar-refractivity contribution is -0.200. The first-order valence-electron chi connectivity index (χ1n) is 11.8. The number of carbonyl (C=O) groups is 2. The minimum Gasteiger partial charge on any atom is -0.393 e. The van der Waals surface area contributed by atoms with Crippen molar-refractivity contribution in [1.82, 2.24) is 0 Å². The zero-order valence-electron chi connectivity index (χ0n) is 18.7. The molecule has 1 saturated heterocycles. The van der Waals surface area contributed by atoms with Gasteiger partial charge in [0, 0.05) is 16.7 Å². The first-order valence-corrected chi connectivity index (χ1v) is 11.8. The predicted octanol–water partition coefficient (Wildman–Crippen LogP) is 2.72. The van der Waals surface area contributed by atoms with Crippen LogP contribution in [0.2, 0.25) is 0 Å². The summed E-state index contributed by atoms with van der Waals surface area (Å²) >= 11 is 0. The van der Waals surface area contributed by atoms with E-state index in [1.54, 1.807) is 12.2 Å². The number of hydrogen-bond donors (Lipinski definition) is 2. The Morgan fingerprint density at radius 1 is 1.32 bits per heavy atom. The van der Waals surface area contributed by atoms with Gasteiger partial charge >= 0.3 is 0 Å². The molecule has 5 aliphatic rings. The van der Waals surface area contributed by atoms with Gasteiger partial charge in [-0.2, -0.15) is 0 Å². The molecule has 0 bridgehead atoms. The van der Waals surface area contributed by atoms with Crippen molar-refractivity contribution in [2.75, 3.05) is 6.61 Å². The molecule has 6 heteroatoms. The van der Waals surface area contributed by atoms with Crippen LogP contribution in [0, 0.1) is 28.6 Å². The van der Waals surface area contributed by atoms with E-state index in [2.05, 4.69) is 20.8 Å². The van der Waals surface area contributed by atoms with Gasteiger partial charge in [-0.1, -0.05) is 38.8 Å². The van der Waals surface area contributed by atoms with Gasteiger partial charge in [0.05, 0.1) is 12.2 Å². The Morgan fingerprint density at radius 2 is 2.10 bits per heavy atom. The van der Waals surface area contributed by atoms with Crippen LogP contribution in [-0.2, 0) is 19.1 Å². The summed E-state index contributed by atoms with van der Waals surface area (Å²) in [6.45, 7) is 5.67. The van der Waals surface area contributed by atoms with Gasteiger partial charge in [0.25, 0.3) is 0 Å². The largest absolute Gasteiger partial charge is 0.393 e. The fraction of sp³-hybridized carbons (Fsp3) is 0.760. The van der Waals surface area contributed by atoms with Gasteiger partial charge in [0.2, 0.25) is 0 Å². The highest BCUT2D eigenvalue weighted by atomic mass is 16.7. The van der Waals surface area contributed by atoms with Crippen LogP contribution in [0.25, 0.3) is 0 Å². The molecular formula is C25H34O6. The molecule has 0 radical (unpaired) electrons. The quantitative estimate of drug-likeness (QED) is 0.712. The maximum absolute atomic E-state index is 13.2. The van der Waals surface area contributed by atoms with E-state index < -0.39 is 36.1 Å².